The second-order valence-corrected chi connectivity index (χ2v) is 5.00. The largest absolute Gasteiger partial charge is 0.479 e. The SMILES string of the molecule is C[C@H](Oc1ccc(Cl)nc1)C(=O)Nc1ncnn1-c1ncccn1. The highest BCUT2D eigenvalue weighted by Gasteiger charge is 2.18. The number of nitrogens with one attached hydrogen (secondary N) is 1. The van der Waals surface area contributed by atoms with Crippen molar-refractivity contribution in [3.63, 3.8) is 0 Å². The number of halogens is 1. The third-order valence-corrected chi connectivity index (χ3v) is 3.13. The van der Waals surface area contributed by atoms with E-state index in [1.54, 1.807) is 37.5 Å². The summed E-state index contributed by atoms with van der Waals surface area (Å²) in [5.74, 6) is 0.502. The summed E-state index contributed by atoms with van der Waals surface area (Å²) in [5.41, 5.74) is 0. The lowest BCUT2D eigenvalue weighted by Gasteiger charge is -2.14. The van der Waals surface area contributed by atoms with Gasteiger partial charge in [-0.2, -0.15) is 14.8 Å². The molecule has 24 heavy (non-hydrogen) atoms. The molecule has 10 heteroatoms. The van der Waals surface area contributed by atoms with Crippen LogP contribution in [0.25, 0.3) is 5.95 Å². The number of nitrogens with zero attached hydrogens (tertiary/aromatic N) is 6. The second kappa shape index (κ2) is 7.01. The fourth-order valence-corrected chi connectivity index (χ4v) is 1.89. The highest BCUT2D eigenvalue weighted by Crippen LogP contribution is 2.14. The van der Waals surface area contributed by atoms with Crippen LogP contribution in [-0.4, -0.2) is 41.7 Å². The van der Waals surface area contributed by atoms with Gasteiger partial charge in [0.25, 0.3) is 11.9 Å². The Kier molecular flexibility index (Phi) is 4.62. The Bertz CT molecular complexity index is 823. The van der Waals surface area contributed by atoms with Gasteiger partial charge in [0.2, 0.25) is 5.95 Å². The Morgan fingerprint density at radius 2 is 2.04 bits per heavy atom. The molecule has 1 atom stereocenters. The van der Waals surface area contributed by atoms with Crippen LogP contribution >= 0.6 is 11.6 Å². The number of anilines is 1. The van der Waals surface area contributed by atoms with E-state index in [-0.39, 0.29) is 5.95 Å². The second-order valence-electron chi connectivity index (χ2n) is 4.61. The summed E-state index contributed by atoms with van der Waals surface area (Å²) in [6.45, 7) is 1.60. The van der Waals surface area contributed by atoms with Crippen molar-refractivity contribution in [2.45, 2.75) is 13.0 Å². The maximum absolute atomic E-state index is 12.3. The third kappa shape index (κ3) is 3.63. The molecule has 9 nitrogen and oxygen atoms in total. The van der Waals surface area contributed by atoms with Gasteiger partial charge in [0, 0.05) is 12.4 Å². The highest BCUT2D eigenvalue weighted by molar-refractivity contribution is 6.29. The minimum atomic E-state index is -0.783. The average Bonchev–Trinajstić information content (AvgIpc) is 3.05. The van der Waals surface area contributed by atoms with E-state index in [0.29, 0.717) is 16.9 Å². The number of carbonyl (C=O) groups is 1. The first-order valence-corrected chi connectivity index (χ1v) is 7.28. The molecule has 0 aliphatic carbocycles. The Hall–Kier alpha value is -3.07. The summed E-state index contributed by atoms with van der Waals surface area (Å²) in [7, 11) is 0. The van der Waals surface area contributed by atoms with Gasteiger partial charge in [0.15, 0.2) is 6.10 Å². The Balaban J connectivity index is 1.69. The lowest BCUT2D eigenvalue weighted by Crippen LogP contribution is -2.31. The van der Waals surface area contributed by atoms with Crippen LogP contribution in [0, 0.1) is 0 Å². The molecule has 0 aliphatic heterocycles. The number of hydrogen-bond donors (Lipinski definition) is 1. The molecule has 3 aromatic heterocycles. The molecule has 0 radical (unpaired) electrons. The molecular formula is C14H12ClN7O2. The van der Waals surface area contributed by atoms with Crippen molar-refractivity contribution in [1.29, 1.82) is 0 Å². The lowest BCUT2D eigenvalue weighted by molar-refractivity contribution is -0.122. The summed E-state index contributed by atoms with van der Waals surface area (Å²) < 4.78 is 6.82. The quantitative estimate of drug-likeness (QED) is 0.698. The van der Waals surface area contributed by atoms with Crippen LogP contribution in [0.2, 0.25) is 5.15 Å². The summed E-state index contributed by atoms with van der Waals surface area (Å²) in [6.07, 6.45) is 5.08. The first kappa shape index (κ1) is 15.8. The van der Waals surface area contributed by atoms with E-state index in [1.165, 1.54) is 17.2 Å². The molecule has 0 saturated carbocycles. The average molecular weight is 346 g/mol. The van der Waals surface area contributed by atoms with Gasteiger partial charge < -0.3 is 4.74 Å². The van der Waals surface area contributed by atoms with E-state index >= 15 is 0 Å². The van der Waals surface area contributed by atoms with E-state index < -0.39 is 12.0 Å². The molecule has 3 aromatic rings. The van der Waals surface area contributed by atoms with Gasteiger partial charge in [-0.3, -0.25) is 10.1 Å². The lowest BCUT2D eigenvalue weighted by atomic mass is 10.3. The predicted molar refractivity (Wildman–Crippen MR) is 84.9 cm³/mol. The maximum atomic E-state index is 12.3. The molecule has 1 N–H and O–H groups in total. The number of pyridine rings is 1. The van der Waals surface area contributed by atoms with Crippen molar-refractivity contribution in [1.82, 2.24) is 29.7 Å². The zero-order valence-corrected chi connectivity index (χ0v) is 13.3. The van der Waals surface area contributed by atoms with E-state index in [1.807, 2.05) is 0 Å². The monoisotopic (exact) mass is 345 g/mol. The Morgan fingerprint density at radius 1 is 1.25 bits per heavy atom. The number of aromatic nitrogens is 6. The molecule has 0 spiro atoms. The maximum Gasteiger partial charge on any atom is 0.267 e. The minimum absolute atomic E-state index is 0.191. The standard InChI is InChI=1S/C14H12ClN7O2/c1-9(24-10-3-4-11(15)18-7-10)12(23)21-14-19-8-20-22(14)13-16-5-2-6-17-13/h2-9H,1H3,(H,19,20,21,23)/t9-/m0/s1. The summed E-state index contributed by atoms with van der Waals surface area (Å²) in [4.78, 5) is 28.2. The number of rotatable bonds is 5. The first-order chi connectivity index (χ1) is 11.6. The van der Waals surface area contributed by atoms with E-state index in [2.05, 4.69) is 30.4 Å². The topological polar surface area (TPSA) is 108 Å². The van der Waals surface area contributed by atoms with Crippen molar-refractivity contribution < 1.29 is 9.53 Å². The fraction of sp³-hybridized carbons (Fsp3) is 0.143. The van der Waals surface area contributed by atoms with Crippen molar-refractivity contribution in [3.05, 3.63) is 48.3 Å². The number of ether oxygens (including phenoxy) is 1. The van der Waals surface area contributed by atoms with Crippen LogP contribution in [0.15, 0.2) is 43.1 Å². The Morgan fingerprint density at radius 3 is 2.75 bits per heavy atom. The zero-order valence-electron chi connectivity index (χ0n) is 12.5. The molecule has 3 heterocycles. The zero-order chi connectivity index (χ0) is 16.9. The molecule has 122 valence electrons. The van der Waals surface area contributed by atoms with Gasteiger partial charge in [-0.1, -0.05) is 11.6 Å². The van der Waals surface area contributed by atoms with E-state index in [9.17, 15) is 4.79 Å². The van der Waals surface area contributed by atoms with Gasteiger partial charge >= 0.3 is 0 Å². The van der Waals surface area contributed by atoms with Crippen LogP contribution in [0.1, 0.15) is 6.92 Å². The molecule has 0 fully saturated rings. The highest BCUT2D eigenvalue weighted by atomic mass is 35.5. The molecule has 0 aromatic carbocycles. The van der Waals surface area contributed by atoms with Gasteiger partial charge in [-0.05, 0) is 25.1 Å². The smallest absolute Gasteiger partial charge is 0.267 e. The van der Waals surface area contributed by atoms with Gasteiger partial charge in [0.05, 0.1) is 6.20 Å². The molecular weight excluding hydrogens is 334 g/mol. The van der Waals surface area contributed by atoms with Crippen molar-refractivity contribution in [3.8, 4) is 11.7 Å². The van der Waals surface area contributed by atoms with Crippen molar-refractivity contribution in [2.24, 2.45) is 0 Å². The van der Waals surface area contributed by atoms with Crippen LogP contribution in [0.4, 0.5) is 5.95 Å². The van der Waals surface area contributed by atoms with Crippen molar-refractivity contribution in [2.75, 3.05) is 5.32 Å². The van der Waals surface area contributed by atoms with E-state index in [4.69, 9.17) is 16.3 Å². The Labute approximate surface area is 141 Å². The first-order valence-electron chi connectivity index (χ1n) is 6.90. The number of hydrogen-bond acceptors (Lipinski definition) is 7. The molecule has 0 aliphatic rings. The van der Waals surface area contributed by atoms with Gasteiger partial charge in [-0.25, -0.2) is 15.0 Å². The summed E-state index contributed by atoms with van der Waals surface area (Å²) in [5, 5.41) is 6.96. The van der Waals surface area contributed by atoms with Crippen LogP contribution in [0.3, 0.4) is 0 Å². The van der Waals surface area contributed by atoms with Gasteiger partial charge in [0.1, 0.15) is 17.2 Å². The summed E-state index contributed by atoms with van der Waals surface area (Å²) in [6, 6.07) is 4.87. The molecule has 0 bridgehead atoms. The predicted octanol–water partition coefficient (Wildman–Crippen LogP) is 1.51. The van der Waals surface area contributed by atoms with Gasteiger partial charge in [-0.15, -0.1) is 0 Å². The number of amides is 1. The minimum Gasteiger partial charge on any atom is -0.479 e. The number of carbonyl (C=O) groups excluding carboxylic acids is 1. The molecule has 1 amide bonds. The molecule has 0 saturated heterocycles. The van der Waals surface area contributed by atoms with Crippen LogP contribution < -0.4 is 10.1 Å². The fourth-order valence-electron chi connectivity index (χ4n) is 1.78. The van der Waals surface area contributed by atoms with Crippen LogP contribution in [-0.2, 0) is 4.79 Å². The molecule has 0 unspecified atom stereocenters. The normalized spacial score (nSPS) is 11.8. The third-order valence-electron chi connectivity index (χ3n) is 2.91. The molecule has 3 rings (SSSR count). The van der Waals surface area contributed by atoms with E-state index in [0.717, 1.165) is 0 Å². The van der Waals surface area contributed by atoms with Crippen LogP contribution in [0.5, 0.6) is 5.75 Å². The summed E-state index contributed by atoms with van der Waals surface area (Å²) >= 11 is 5.71. The van der Waals surface area contributed by atoms with Crippen molar-refractivity contribution >= 4 is 23.5 Å².